The van der Waals surface area contributed by atoms with Gasteiger partial charge in [-0.1, -0.05) is 12.1 Å². The van der Waals surface area contributed by atoms with E-state index in [1.165, 1.54) is 24.3 Å². The summed E-state index contributed by atoms with van der Waals surface area (Å²) in [5.74, 6) is -2.33. The Hall–Kier alpha value is -2.12. The van der Waals surface area contributed by atoms with Crippen LogP contribution < -0.4 is 0 Å². The molecule has 0 aliphatic heterocycles. The minimum Gasteiger partial charge on any atom is -0.478 e. The molecule has 116 valence electrons. The van der Waals surface area contributed by atoms with Gasteiger partial charge in [0.05, 0.1) is 11.1 Å². The highest BCUT2D eigenvalue weighted by atomic mass is 17.1. The van der Waals surface area contributed by atoms with Crippen molar-refractivity contribution in [3.05, 3.63) is 35.4 Å². The lowest BCUT2D eigenvalue weighted by atomic mass is 10.1. The van der Waals surface area contributed by atoms with Crippen molar-refractivity contribution in [3.8, 4) is 0 Å². The molecule has 11 heteroatoms. The van der Waals surface area contributed by atoms with Crippen molar-refractivity contribution in [1.82, 2.24) is 0 Å². The second-order valence-corrected chi connectivity index (χ2v) is 2.23. The maximum atomic E-state index is 10.8. The summed E-state index contributed by atoms with van der Waals surface area (Å²) in [4.78, 5) is 24.8. The molecule has 0 atom stereocenters. The number of hydrogen-bond donors (Lipinski definition) is 2. The van der Waals surface area contributed by atoms with Crippen molar-refractivity contribution in [2.24, 2.45) is 0 Å². The molecule has 0 radical (unpaired) electrons. The number of rotatable bonds is 2. The molecule has 11 nitrogen and oxygen atoms in total. The number of carbonyl (C=O) groups excluding carboxylic acids is 1. The molecule has 0 bridgehead atoms. The third kappa shape index (κ3) is 8.58. The van der Waals surface area contributed by atoms with Gasteiger partial charge < -0.3 is 38.0 Å². The Kier molecular flexibility index (Phi) is 30.1. The first-order valence-corrected chi connectivity index (χ1v) is 3.35. The molecular weight excluding hydrogens is 272 g/mol. The summed E-state index contributed by atoms with van der Waals surface area (Å²) in [5, 5.41) is 16.7. The summed E-state index contributed by atoms with van der Waals surface area (Å²) in [6.07, 6.45) is 0. The van der Waals surface area contributed by atoms with E-state index in [0.717, 1.165) is 0 Å². The predicted molar refractivity (Wildman–Crippen MR) is 63.1 cm³/mol. The maximum Gasteiger partial charge on any atom is 0.373 e. The van der Waals surface area contributed by atoms with Crippen LogP contribution >= 0.6 is 0 Å². The van der Waals surface area contributed by atoms with E-state index in [1.54, 1.807) is 0 Å². The SMILES string of the molecule is O.O.O.O.O.O.O=C(O)c1ccccc1C(=O)OO. The minimum atomic E-state index is -1.25. The molecule has 0 unspecified atom stereocenters. The van der Waals surface area contributed by atoms with Gasteiger partial charge >= 0.3 is 11.9 Å². The third-order valence-electron chi connectivity index (χ3n) is 1.46. The highest BCUT2D eigenvalue weighted by molar-refractivity contribution is 6.02. The van der Waals surface area contributed by atoms with E-state index in [-0.39, 0.29) is 44.0 Å². The summed E-state index contributed by atoms with van der Waals surface area (Å²) >= 11 is 0. The van der Waals surface area contributed by atoms with Crippen LogP contribution in [0.4, 0.5) is 0 Å². The van der Waals surface area contributed by atoms with Crippen molar-refractivity contribution >= 4 is 11.9 Å². The molecule has 0 aromatic heterocycles. The molecule has 0 aliphatic carbocycles. The Morgan fingerprint density at radius 1 is 0.842 bits per heavy atom. The first-order valence-electron chi connectivity index (χ1n) is 3.35. The van der Waals surface area contributed by atoms with Crippen LogP contribution in [0.15, 0.2) is 24.3 Å². The van der Waals surface area contributed by atoms with Crippen molar-refractivity contribution in [3.63, 3.8) is 0 Å². The lowest BCUT2D eigenvalue weighted by molar-refractivity contribution is -0.182. The van der Waals surface area contributed by atoms with Gasteiger partial charge in [0.15, 0.2) is 0 Å². The van der Waals surface area contributed by atoms with Crippen LogP contribution in [-0.2, 0) is 4.89 Å². The van der Waals surface area contributed by atoms with Gasteiger partial charge in [0.1, 0.15) is 0 Å². The fourth-order valence-corrected chi connectivity index (χ4v) is 0.897. The van der Waals surface area contributed by atoms with Crippen molar-refractivity contribution in [2.45, 2.75) is 0 Å². The fraction of sp³-hybridized carbons (Fsp3) is 0. The zero-order valence-corrected chi connectivity index (χ0v) is 9.43. The molecule has 0 aliphatic rings. The molecule has 1 aromatic rings. The molecule has 0 fully saturated rings. The van der Waals surface area contributed by atoms with E-state index in [4.69, 9.17) is 10.4 Å². The second-order valence-electron chi connectivity index (χ2n) is 2.23. The van der Waals surface area contributed by atoms with E-state index in [9.17, 15) is 9.59 Å². The average molecular weight is 290 g/mol. The second kappa shape index (κ2) is 15.9. The zero-order valence-electron chi connectivity index (χ0n) is 9.43. The molecule has 14 N–H and O–H groups in total. The number of carboxylic acid groups (broad SMARTS) is 1. The predicted octanol–water partition coefficient (Wildman–Crippen LogP) is -3.93. The van der Waals surface area contributed by atoms with E-state index in [2.05, 4.69) is 4.89 Å². The summed E-state index contributed by atoms with van der Waals surface area (Å²) in [5.41, 5.74) is -0.390. The summed E-state index contributed by atoms with van der Waals surface area (Å²) in [7, 11) is 0. The van der Waals surface area contributed by atoms with E-state index in [1.807, 2.05) is 0 Å². The molecule has 0 saturated heterocycles. The molecular formula is C8H18O11. The Labute approximate surface area is 106 Å². The number of carbonyl (C=O) groups is 2. The summed E-state index contributed by atoms with van der Waals surface area (Å²) < 4.78 is 0. The normalized spacial score (nSPS) is 6.37. The minimum absolute atomic E-state index is 0. The van der Waals surface area contributed by atoms with Gasteiger partial charge in [-0.15, -0.1) is 0 Å². The van der Waals surface area contributed by atoms with Gasteiger partial charge in [0.25, 0.3) is 0 Å². The van der Waals surface area contributed by atoms with Gasteiger partial charge in [-0.2, -0.15) is 5.26 Å². The number of benzene rings is 1. The maximum absolute atomic E-state index is 10.8. The number of carboxylic acids is 1. The van der Waals surface area contributed by atoms with Gasteiger partial charge in [0.2, 0.25) is 0 Å². The van der Waals surface area contributed by atoms with Gasteiger partial charge in [-0.25, -0.2) is 9.59 Å². The van der Waals surface area contributed by atoms with Crippen LogP contribution in [0.5, 0.6) is 0 Å². The first kappa shape index (κ1) is 36.0. The van der Waals surface area contributed by atoms with Crippen LogP contribution in [0, 0.1) is 0 Å². The lowest BCUT2D eigenvalue weighted by Gasteiger charge is -2.00. The van der Waals surface area contributed by atoms with E-state index >= 15 is 0 Å². The third-order valence-corrected chi connectivity index (χ3v) is 1.46. The van der Waals surface area contributed by atoms with Crippen molar-refractivity contribution < 1.29 is 57.7 Å². The summed E-state index contributed by atoms with van der Waals surface area (Å²) in [6, 6.07) is 5.44. The van der Waals surface area contributed by atoms with Gasteiger partial charge in [-0.3, -0.25) is 4.89 Å². The Morgan fingerprint density at radius 3 is 1.53 bits per heavy atom. The largest absolute Gasteiger partial charge is 0.478 e. The smallest absolute Gasteiger partial charge is 0.373 e. The average Bonchev–Trinajstić information content (AvgIpc) is 2.16. The molecule has 1 rings (SSSR count). The highest BCUT2D eigenvalue weighted by Crippen LogP contribution is 2.09. The van der Waals surface area contributed by atoms with Crippen LogP contribution in [0.25, 0.3) is 0 Å². The van der Waals surface area contributed by atoms with Crippen molar-refractivity contribution in [2.75, 3.05) is 0 Å². The van der Waals surface area contributed by atoms with Crippen LogP contribution in [-0.4, -0.2) is 55.2 Å². The van der Waals surface area contributed by atoms with Crippen LogP contribution in [0.3, 0.4) is 0 Å². The van der Waals surface area contributed by atoms with Gasteiger partial charge in [-0.05, 0) is 12.1 Å². The summed E-state index contributed by atoms with van der Waals surface area (Å²) in [6.45, 7) is 0. The van der Waals surface area contributed by atoms with E-state index < -0.39 is 11.9 Å². The molecule has 0 heterocycles. The number of hydrogen-bond acceptors (Lipinski definition) is 4. The quantitative estimate of drug-likeness (QED) is 0.406. The Bertz CT molecular complexity index is 350. The standard InChI is InChI=1S/C8H6O5.6H2O/c9-7(10)5-3-1-2-4-6(5)8(11)13-12;;;;;;/h1-4,12H,(H,9,10);6*1H2. The number of aromatic carboxylic acids is 1. The molecule has 0 saturated carbocycles. The topological polar surface area (TPSA) is 273 Å². The molecule has 19 heavy (non-hydrogen) atoms. The van der Waals surface area contributed by atoms with E-state index in [0.29, 0.717) is 0 Å². The van der Waals surface area contributed by atoms with Crippen LogP contribution in [0.2, 0.25) is 0 Å². The molecule has 0 amide bonds. The molecule has 0 spiro atoms. The zero-order chi connectivity index (χ0) is 9.84. The highest BCUT2D eigenvalue weighted by Gasteiger charge is 2.16. The Balaban J connectivity index is -0.0000000704. The monoisotopic (exact) mass is 290 g/mol. The van der Waals surface area contributed by atoms with Gasteiger partial charge in [0, 0.05) is 0 Å². The first-order chi connectivity index (χ1) is 6.16. The Morgan fingerprint density at radius 2 is 1.21 bits per heavy atom. The lowest BCUT2D eigenvalue weighted by Crippen LogP contribution is -2.09. The van der Waals surface area contributed by atoms with Crippen LogP contribution in [0.1, 0.15) is 20.7 Å². The molecule has 1 aromatic carbocycles. The van der Waals surface area contributed by atoms with Crippen molar-refractivity contribution in [1.29, 1.82) is 0 Å². The fourth-order valence-electron chi connectivity index (χ4n) is 0.897.